The predicted octanol–water partition coefficient (Wildman–Crippen LogP) is 3.73. The molecule has 1 aliphatic heterocycles. The second-order valence-corrected chi connectivity index (χ2v) is 5.72. The van der Waals surface area contributed by atoms with Gasteiger partial charge in [-0.2, -0.15) is 0 Å². The van der Waals surface area contributed by atoms with Gasteiger partial charge in [-0.25, -0.2) is 4.39 Å². The van der Waals surface area contributed by atoms with Gasteiger partial charge in [0.25, 0.3) is 0 Å². The molecule has 1 heterocycles. The van der Waals surface area contributed by atoms with Crippen LogP contribution >= 0.6 is 0 Å². The number of rotatable bonds is 2. The minimum atomic E-state index is -0.343. The number of hydrogen-bond donors (Lipinski definition) is 0. The zero-order chi connectivity index (χ0) is 14.3. The molecule has 102 valence electrons. The lowest BCUT2D eigenvalue weighted by Gasteiger charge is -2.15. The van der Waals surface area contributed by atoms with E-state index in [1.165, 1.54) is 24.3 Å². The molecule has 0 N–H and O–H groups in total. The Morgan fingerprint density at radius 3 is 2.45 bits per heavy atom. The van der Waals surface area contributed by atoms with Crippen molar-refractivity contribution in [1.29, 1.82) is 0 Å². The van der Waals surface area contributed by atoms with Gasteiger partial charge in [0.2, 0.25) is 0 Å². The Balaban J connectivity index is 1.99. The molecule has 0 spiro atoms. The molecule has 2 nitrogen and oxygen atoms in total. The van der Waals surface area contributed by atoms with Crippen LogP contribution in [-0.2, 0) is 5.41 Å². The Hall–Kier alpha value is -2.16. The first-order valence-electron chi connectivity index (χ1n) is 6.55. The first-order chi connectivity index (χ1) is 9.47. The molecular weight excluding hydrogens is 255 g/mol. The van der Waals surface area contributed by atoms with Gasteiger partial charge >= 0.3 is 0 Å². The number of ketones is 1. The Kier molecular flexibility index (Phi) is 2.85. The van der Waals surface area contributed by atoms with Gasteiger partial charge in [0.15, 0.2) is 5.78 Å². The summed E-state index contributed by atoms with van der Waals surface area (Å²) in [6.07, 6.45) is 0. The summed E-state index contributed by atoms with van der Waals surface area (Å²) in [7, 11) is 0. The van der Waals surface area contributed by atoms with E-state index in [1.54, 1.807) is 6.07 Å². The fourth-order valence-electron chi connectivity index (χ4n) is 2.43. The van der Waals surface area contributed by atoms with E-state index in [-0.39, 0.29) is 17.0 Å². The van der Waals surface area contributed by atoms with Crippen LogP contribution in [0.1, 0.15) is 35.3 Å². The molecular formula is C17H15FO2. The molecule has 1 aliphatic rings. The lowest BCUT2D eigenvalue weighted by Crippen LogP contribution is -2.18. The zero-order valence-electron chi connectivity index (χ0n) is 11.4. The number of fused-ring (bicyclic) bond motifs is 1. The molecule has 0 aromatic heterocycles. The summed E-state index contributed by atoms with van der Waals surface area (Å²) in [5.41, 5.74) is 2.05. The van der Waals surface area contributed by atoms with Crippen LogP contribution in [0, 0.1) is 5.82 Å². The minimum Gasteiger partial charge on any atom is -0.492 e. The van der Waals surface area contributed by atoms with Crippen molar-refractivity contribution in [3.63, 3.8) is 0 Å². The summed E-state index contributed by atoms with van der Waals surface area (Å²) in [6.45, 7) is 4.80. The second kappa shape index (κ2) is 4.44. The first kappa shape index (κ1) is 12.9. The number of carbonyl (C=O) groups is 1. The highest BCUT2D eigenvalue weighted by Gasteiger charge is 2.32. The average molecular weight is 270 g/mol. The van der Waals surface area contributed by atoms with Gasteiger partial charge in [0.1, 0.15) is 11.6 Å². The van der Waals surface area contributed by atoms with E-state index in [9.17, 15) is 9.18 Å². The number of halogens is 1. The van der Waals surface area contributed by atoms with Crippen LogP contribution in [0.5, 0.6) is 5.75 Å². The van der Waals surface area contributed by atoms with Gasteiger partial charge in [0, 0.05) is 22.1 Å². The third-order valence-corrected chi connectivity index (χ3v) is 3.67. The van der Waals surface area contributed by atoms with Crippen molar-refractivity contribution < 1.29 is 13.9 Å². The van der Waals surface area contributed by atoms with Crippen LogP contribution in [0.3, 0.4) is 0 Å². The molecule has 0 fully saturated rings. The molecule has 3 rings (SSSR count). The summed E-state index contributed by atoms with van der Waals surface area (Å²) in [5, 5.41) is 0. The van der Waals surface area contributed by atoms with E-state index < -0.39 is 0 Å². The maximum Gasteiger partial charge on any atom is 0.193 e. The first-order valence-corrected chi connectivity index (χ1v) is 6.55. The van der Waals surface area contributed by atoms with Gasteiger partial charge in [-0.15, -0.1) is 0 Å². The summed E-state index contributed by atoms with van der Waals surface area (Å²) < 4.78 is 18.5. The van der Waals surface area contributed by atoms with Crippen LogP contribution in [0.25, 0.3) is 0 Å². The average Bonchev–Trinajstić information content (AvgIpc) is 2.74. The van der Waals surface area contributed by atoms with E-state index in [1.807, 2.05) is 12.1 Å². The van der Waals surface area contributed by atoms with E-state index in [0.29, 0.717) is 17.7 Å². The Labute approximate surface area is 117 Å². The van der Waals surface area contributed by atoms with E-state index in [0.717, 1.165) is 11.3 Å². The normalized spacial score (nSPS) is 15.6. The van der Waals surface area contributed by atoms with Crippen molar-refractivity contribution in [3.8, 4) is 5.75 Å². The van der Waals surface area contributed by atoms with Crippen molar-refractivity contribution in [2.75, 3.05) is 6.61 Å². The maximum absolute atomic E-state index is 12.9. The van der Waals surface area contributed by atoms with Crippen molar-refractivity contribution in [3.05, 3.63) is 65.0 Å². The van der Waals surface area contributed by atoms with Crippen LogP contribution in [0.4, 0.5) is 4.39 Å². The third-order valence-electron chi connectivity index (χ3n) is 3.67. The molecule has 0 unspecified atom stereocenters. The van der Waals surface area contributed by atoms with Crippen molar-refractivity contribution in [2.45, 2.75) is 19.3 Å². The van der Waals surface area contributed by atoms with Gasteiger partial charge in [-0.1, -0.05) is 13.8 Å². The molecule has 0 aliphatic carbocycles. The van der Waals surface area contributed by atoms with Crippen LogP contribution in [0.2, 0.25) is 0 Å². The monoisotopic (exact) mass is 270 g/mol. The SMILES string of the molecule is CC1(C)COc2ccc(C(=O)c3ccc(F)cc3)cc21. The quantitative estimate of drug-likeness (QED) is 0.777. The second-order valence-electron chi connectivity index (χ2n) is 5.72. The van der Waals surface area contributed by atoms with Gasteiger partial charge in [0.05, 0.1) is 6.61 Å². The fraction of sp³-hybridized carbons (Fsp3) is 0.235. The van der Waals surface area contributed by atoms with E-state index in [4.69, 9.17) is 4.74 Å². The van der Waals surface area contributed by atoms with Gasteiger partial charge in [-0.3, -0.25) is 4.79 Å². The van der Waals surface area contributed by atoms with Crippen molar-refractivity contribution >= 4 is 5.78 Å². The number of benzene rings is 2. The fourth-order valence-corrected chi connectivity index (χ4v) is 2.43. The van der Waals surface area contributed by atoms with Crippen LogP contribution in [0.15, 0.2) is 42.5 Å². The molecule has 3 heteroatoms. The van der Waals surface area contributed by atoms with Crippen LogP contribution in [-0.4, -0.2) is 12.4 Å². The van der Waals surface area contributed by atoms with Crippen molar-refractivity contribution in [2.24, 2.45) is 0 Å². The lowest BCUT2D eigenvalue weighted by molar-refractivity contribution is 0.103. The molecule has 0 amide bonds. The van der Waals surface area contributed by atoms with Crippen LogP contribution < -0.4 is 4.74 Å². The lowest BCUT2D eigenvalue weighted by atomic mass is 9.85. The van der Waals surface area contributed by atoms with Crippen molar-refractivity contribution in [1.82, 2.24) is 0 Å². The Morgan fingerprint density at radius 1 is 1.10 bits per heavy atom. The summed E-state index contributed by atoms with van der Waals surface area (Å²) in [5.74, 6) is 0.395. The molecule has 0 bridgehead atoms. The highest BCUT2D eigenvalue weighted by Crippen LogP contribution is 2.38. The third kappa shape index (κ3) is 2.09. The summed E-state index contributed by atoms with van der Waals surface area (Å²) in [4.78, 5) is 12.4. The maximum atomic E-state index is 12.9. The zero-order valence-corrected chi connectivity index (χ0v) is 11.4. The topological polar surface area (TPSA) is 26.3 Å². The summed E-state index contributed by atoms with van der Waals surface area (Å²) in [6, 6.07) is 11.1. The Bertz CT molecular complexity index is 672. The highest BCUT2D eigenvalue weighted by molar-refractivity contribution is 6.09. The predicted molar refractivity (Wildman–Crippen MR) is 74.8 cm³/mol. The van der Waals surface area contributed by atoms with E-state index in [2.05, 4.69) is 13.8 Å². The standard InChI is InChI=1S/C17H15FO2/c1-17(2)10-20-15-8-5-12(9-14(15)17)16(19)11-3-6-13(18)7-4-11/h3-9H,10H2,1-2H3. The molecule has 0 radical (unpaired) electrons. The number of carbonyl (C=O) groups excluding carboxylic acids is 1. The smallest absolute Gasteiger partial charge is 0.193 e. The van der Waals surface area contributed by atoms with Gasteiger partial charge in [-0.05, 0) is 42.5 Å². The van der Waals surface area contributed by atoms with E-state index >= 15 is 0 Å². The Morgan fingerprint density at radius 2 is 1.75 bits per heavy atom. The molecule has 0 atom stereocenters. The molecule has 2 aromatic carbocycles. The molecule has 2 aromatic rings. The summed E-state index contributed by atoms with van der Waals surface area (Å²) >= 11 is 0. The number of ether oxygens (including phenoxy) is 1. The van der Waals surface area contributed by atoms with Gasteiger partial charge < -0.3 is 4.74 Å². The molecule has 20 heavy (non-hydrogen) atoms. The molecule has 0 saturated heterocycles. The highest BCUT2D eigenvalue weighted by atomic mass is 19.1. The number of hydrogen-bond acceptors (Lipinski definition) is 2. The largest absolute Gasteiger partial charge is 0.492 e. The minimum absolute atomic E-state index is 0.0889. The molecule has 0 saturated carbocycles.